The molecule has 1 aliphatic carbocycles. The van der Waals surface area contributed by atoms with E-state index in [0.717, 1.165) is 32.0 Å². The fraction of sp³-hybridized carbons (Fsp3) is 0.933. The first-order valence-electron chi connectivity index (χ1n) is 7.58. The zero-order valence-corrected chi connectivity index (χ0v) is 12.5. The number of carbonyl (C=O) groups is 1. The van der Waals surface area contributed by atoms with Crippen LogP contribution in [0.1, 0.15) is 46.5 Å². The van der Waals surface area contributed by atoms with Crippen LogP contribution in [0.5, 0.6) is 0 Å². The number of carbonyl (C=O) groups excluding carboxylic acids is 1. The van der Waals surface area contributed by atoms with Crippen LogP contribution in [0.25, 0.3) is 0 Å². The van der Waals surface area contributed by atoms with Crippen LogP contribution in [-0.4, -0.2) is 36.2 Å². The van der Waals surface area contributed by atoms with E-state index in [1.165, 1.54) is 19.3 Å². The van der Waals surface area contributed by atoms with Crippen molar-refractivity contribution in [2.45, 2.75) is 52.1 Å². The van der Waals surface area contributed by atoms with Crippen molar-refractivity contribution in [3.05, 3.63) is 0 Å². The van der Waals surface area contributed by atoms with Crippen LogP contribution in [0.2, 0.25) is 0 Å². The molecule has 0 aromatic heterocycles. The summed E-state index contributed by atoms with van der Waals surface area (Å²) < 4.78 is 5.48. The zero-order chi connectivity index (χ0) is 14.0. The molecule has 2 fully saturated rings. The summed E-state index contributed by atoms with van der Waals surface area (Å²) in [6, 6.07) is 0. The maximum atomic E-state index is 12.2. The molecule has 2 aliphatic rings. The number of hydrogen-bond donors (Lipinski definition) is 1. The van der Waals surface area contributed by atoms with Crippen molar-refractivity contribution >= 4 is 6.09 Å². The molecule has 0 spiro atoms. The number of nitrogens with two attached hydrogens (primary N) is 1. The Kier molecular flexibility index (Phi) is 4.39. The third kappa shape index (κ3) is 3.62. The van der Waals surface area contributed by atoms with Gasteiger partial charge in [0.1, 0.15) is 5.60 Å². The summed E-state index contributed by atoms with van der Waals surface area (Å²) in [5.74, 6) is 1.95. The molecule has 2 unspecified atom stereocenters. The van der Waals surface area contributed by atoms with E-state index in [1.54, 1.807) is 0 Å². The monoisotopic (exact) mass is 268 g/mol. The molecule has 1 amide bonds. The topological polar surface area (TPSA) is 55.6 Å². The molecule has 2 atom stereocenters. The van der Waals surface area contributed by atoms with E-state index in [0.29, 0.717) is 11.8 Å². The second kappa shape index (κ2) is 5.70. The maximum Gasteiger partial charge on any atom is 0.410 e. The number of amides is 1. The van der Waals surface area contributed by atoms with Crippen molar-refractivity contribution in [3.8, 4) is 0 Å². The quantitative estimate of drug-likeness (QED) is 0.837. The number of nitrogens with zero attached hydrogens (tertiary/aromatic N) is 1. The van der Waals surface area contributed by atoms with E-state index in [-0.39, 0.29) is 6.09 Å². The van der Waals surface area contributed by atoms with Gasteiger partial charge in [-0.3, -0.25) is 0 Å². The molecule has 0 aromatic carbocycles. The van der Waals surface area contributed by atoms with Crippen molar-refractivity contribution in [3.63, 3.8) is 0 Å². The van der Waals surface area contributed by atoms with Gasteiger partial charge in [-0.25, -0.2) is 4.79 Å². The van der Waals surface area contributed by atoms with Crippen LogP contribution in [-0.2, 0) is 4.74 Å². The number of hydrogen-bond acceptors (Lipinski definition) is 3. The summed E-state index contributed by atoms with van der Waals surface area (Å²) in [6.45, 7) is 8.13. The van der Waals surface area contributed by atoms with Gasteiger partial charge in [0.2, 0.25) is 0 Å². The highest BCUT2D eigenvalue weighted by molar-refractivity contribution is 5.68. The highest BCUT2D eigenvalue weighted by Gasteiger charge is 2.38. The fourth-order valence-electron chi connectivity index (χ4n) is 3.22. The summed E-state index contributed by atoms with van der Waals surface area (Å²) in [7, 11) is 0. The number of piperidine rings is 1. The van der Waals surface area contributed by atoms with E-state index in [4.69, 9.17) is 10.5 Å². The second-order valence-electron chi connectivity index (χ2n) is 7.07. The Morgan fingerprint density at radius 2 is 2.00 bits per heavy atom. The molecule has 2 rings (SSSR count). The average Bonchev–Trinajstić information content (AvgIpc) is 2.24. The summed E-state index contributed by atoms with van der Waals surface area (Å²) in [4.78, 5) is 14.0. The first-order valence-corrected chi connectivity index (χ1v) is 7.58. The molecule has 4 heteroatoms. The average molecular weight is 268 g/mol. The van der Waals surface area contributed by atoms with Crippen LogP contribution < -0.4 is 5.73 Å². The zero-order valence-electron chi connectivity index (χ0n) is 12.5. The Balaban J connectivity index is 1.95. The maximum absolute atomic E-state index is 12.2. The normalized spacial score (nSPS) is 28.9. The van der Waals surface area contributed by atoms with Gasteiger partial charge in [0.15, 0.2) is 0 Å². The van der Waals surface area contributed by atoms with Crippen LogP contribution in [0.3, 0.4) is 0 Å². The standard InChI is InChI=1S/C15H28N2O2/c1-15(2,3)19-14(18)17-8-7-12(9-16)13(10-17)11-5-4-6-11/h11-13H,4-10,16H2,1-3H3. The van der Waals surface area contributed by atoms with Gasteiger partial charge >= 0.3 is 6.09 Å². The van der Waals surface area contributed by atoms with E-state index >= 15 is 0 Å². The SMILES string of the molecule is CC(C)(C)OC(=O)N1CCC(CN)C(C2CCC2)C1. The smallest absolute Gasteiger partial charge is 0.410 e. The van der Waals surface area contributed by atoms with E-state index in [9.17, 15) is 4.79 Å². The third-order valence-electron chi connectivity index (χ3n) is 4.52. The van der Waals surface area contributed by atoms with Gasteiger partial charge in [-0.05, 0) is 51.5 Å². The molecule has 1 aliphatic heterocycles. The minimum Gasteiger partial charge on any atom is -0.444 e. The Labute approximate surface area is 116 Å². The van der Waals surface area contributed by atoms with Crippen LogP contribution in [0.4, 0.5) is 4.79 Å². The largest absolute Gasteiger partial charge is 0.444 e. The number of rotatable bonds is 2. The van der Waals surface area contributed by atoms with Crippen molar-refractivity contribution in [2.24, 2.45) is 23.5 Å². The minimum atomic E-state index is -0.409. The lowest BCUT2D eigenvalue weighted by atomic mass is 9.68. The first kappa shape index (κ1) is 14.6. The second-order valence-corrected chi connectivity index (χ2v) is 7.07. The fourth-order valence-corrected chi connectivity index (χ4v) is 3.22. The minimum absolute atomic E-state index is 0.160. The molecular weight excluding hydrogens is 240 g/mol. The summed E-state index contributed by atoms with van der Waals surface area (Å²) >= 11 is 0. The van der Waals surface area contributed by atoms with Crippen LogP contribution in [0, 0.1) is 17.8 Å². The predicted octanol–water partition coefficient (Wildman–Crippen LogP) is 2.62. The lowest BCUT2D eigenvalue weighted by molar-refractivity contribution is -0.00215. The van der Waals surface area contributed by atoms with Gasteiger partial charge in [-0.1, -0.05) is 19.3 Å². The number of likely N-dealkylation sites (tertiary alicyclic amines) is 1. The molecule has 110 valence electrons. The molecule has 1 heterocycles. The third-order valence-corrected chi connectivity index (χ3v) is 4.52. The molecule has 0 bridgehead atoms. The summed E-state index contributed by atoms with van der Waals surface area (Å²) in [6.07, 6.45) is 4.82. The van der Waals surface area contributed by atoms with Gasteiger partial charge in [-0.2, -0.15) is 0 Å². The summed E-state index contributed by atoms with van der Waals surface area (Å²) in [5.41, 5.74) is 5.49. The molecule has 1 saturated heterocycles. The van der Waals surface area contributed by atoms with Gasteiger partial charge in [0.25, 0.3) is 0 Å². The van der Waals surface area contributed by atoms with Gasteiger partial charge in [0.05, 0.1) is 0 Å². The van der Waals surface area contributed by atoms with Crippen molar-refractivity contribution < 1.29 is 9.53 Å². The highest BCUT2D eigenvalue weighted by Crippen LogP contribution is 2.40. The van der Waals surface area contributed by atoms with E-state index < -0.39 is 5.60 Å². The predicted molar refractivity (Wildman–Crippen MR) is 75.8 cm³/mol. The first-order chi connectivity index (χ1) is 8.90. The summed E-state index contributed by atoms with van der Waals surface area (Å²) in [5, 5.41) is 0. The molecule has 2 N–H and O–H groups in total. The van der Waals surface area contributed by atoms with E-state index in [2.05, 4.69) is 0 Å². The molecule has 19 heavy (non-hydrogen) atoms. The molecular formula is C15H28N2O2. The van der Waals surface area contributed by atoms with E-state index in [1.807, 2.05) is 25.7 Å². The molecule has 4 nitrogen and oxygen atoms in total. The van der Waals surface area contributed by atoms with Crippen LogP contribution >= 0.6 is 0 Å². The Morgan fingerprint density at radius 3 is 2.47 bits per heavy atom. The lowest BCUT2D eigenvalue weighted by Gasteiger charge is -2.45. The van der Waals surface area contributed by atoms with Gasteiger partial charge in [-0.15, -0.1) is 0 Å². The van der Waals surface area contributed by atoms with Gasteiger partial charge < -0.3 is 15.4 Å². The number of ether oxygens (including phenoxy) is 1. The molecule has 0 radical (unpaired) electrons. The Morgan fingerprint density at radius 1 is 1.32 bits per heavy atom. The van der Waals surface area contributed by atoms with Crippen LogP contribution in [0.15, 0.2) is 0 Å². The van der Waals surface area contributed by atoms with Crippen molar-refractivity contribution in [1.82, 2.24) is 4.90 Å². The Hall–Kier alpha value is -0.770. The van der Waals surface area contributed by atoms with Crippen molar-refractivity contribution in [2.75, 3.05) is 19.6 Å². The van der Waals surface area contributed by atoms with Gasteiger partial charge in [0, 0.05) is 13.1 Å². The Bertz CT molecular complexity index is 321. The molecule has 0 aromatic rings. The molecule has 1 saturated carbocycles. The lowest BCUT2D eigenvalue weighted by Crippen LogP contribution is -2.50. The highest BCUT2D eigenvalue weighted by atomic mass is 16.6. The van der Waals surface area contributed by atoms with Crippen molar-refractivity contribution in [1.29, 1.82) is 0 Å².